The first-order chi connectivity index (χ1) is 14.7. The van der Waals surface area contributed by atoms with Gasteiger partial charge in [-0.2, -0.15) is 0 Å². The number of aromatic hydroxyl groups is 5. The van der Waals surface area contributed by atoms with Crippen LogP contribution in [0.2, 0.25) is 0 Å². The van der Waals surface area contributed by atoms with E-state index in [4.69, 9.17) is 9.47 Å². The Hall–Kier alpha value is -3.33. The number of aliphatic hydroxyl groups is 1. The molecule has 9 nitrogen and oxygen atoms in total. The lowest BCUT2D eigenvalue weighted by atomic mass is 9.87. The molecule has 1 unspecified atom stereocenters. The number of phenols is 5. The third kappa shape index (κ3) is 4.13. The van der Waals surface area contributed by atoms with Gasteiger partial charge in [-0.05, 0) is 37.8 Å². The van der Waals surface area contributed by atoms with E-state index in [1.165, 1.54) is 18.2 Å². The molecular formula is C22H24O9. The third-order valence-electron chi connectivity index (χ3n) is 5.89. The summed E-state index contributed by atoms with van der Waals surface area (Å²) in [5.41, 5.74) is 0.580. The van der Waals surface area contributed by atoms with Gasteiger partial charge in [-0.15, -0.1) is 0 Å². The van der Waals surface area contributed by atoms with E-state index in [0.717, 1.165) is 6.07 Å². The van der Waals surface area contributed by atoms with Crippen LogP contribution in [0.3, 0.4) is 0 Å². The summed E-state index contributed by atoms with van der Waals surface area (Å²) < 4.78 is 11.6. The van der Waals surface area contributed by atoms with Crippen LogP contribution >= 0.6 is 0 Å². The number of ether oxygens (including phenoxy) is 2. The molecule has 0 amide bonds. The normalized spacial score (nSPS) is 25.3. The summed E-state index contributed by atoms with van der Waals surface area (Å²) in [4.78, 5) is 12.8. The average molecular weight is 432 g/mol. The zero-order valence-corrected chi connectivity index (χ0v) is 16.6. The molecule has 2 aromatic rings. The number of aliphatic hydroxyl groups excluding tert-OH is 1. The Morgan fingerprint density at radius 2 is 1.55 bits per heavy atom. The first kappa shape index (κ1) is 20.9. The molecule has 166 valence electrons. The van der Waals surface area contributed by atoms with Gasteiger partial charge in [-0.1, -0.05) is 0 Å². The van der Waals surface area contributed by atoms with Crippen molar-refractivity contribution < 1.29 is 44.9 Å². The van der Waals surface area contributed by atoms with Crippen molar-refractivity contribution in [3.8, 4) is 34.5 Å². The van der Waals surface area contributed by atoms with Gasteiger partial charge in [0.05, 0.1) is 12.0 Å². The van der Waals surface area contributed by atoms with Crippen LogP contribution < -0.4 is 4.74 Å². The Balaban J connectivity index is 1.66. The van der Waals surface area contributed by atoms with Crippen molar-refractivity contribution in [1.29, 1.82) is 0 Å². The number of carbonyl (C=O) groups excluding carboxylic acids is 1. The van der Waals surface area contributed by atoms with E-state index < -0.39 is 41.5 Å². The second kappa shape index (κ2) is 8.07. The molecule has 0 radical (unpaired) electrons. The van der Waals surface area contributed by atoms with Crippen molar-refractivity contribution in [1.82, 2.24) is 0 Å². The van der Waals surface area contributed by atoms with Gasteiger partial charge in [0.2, 0.25) is 0 Å². The summed E-state index contributed by atoms with van der Waals surface area (Å²) in [6, 6.07) is 4.83. The third-order valence-corrected chi connectivity index (χ3v) is 5.89. The van der Waals surface area contributed by atoms with E-state index in [9.17, 15) is 35.4 Å². The number of esters is 1. The van der Waals surface area contributed by atoms with E-state index in [1.807, 2.05) is 0 Å². The van der Waals surface area contributed by atoms with Crippen LogP contribution in [0.1, 0.15) is 42.9 Å². The van der Waals surface area contributed by atoms with Gasteiger partial charge in [0.25, 0.3) is 0 Å². The molecule has 2 atom stereocenters. The molecular weight excluding hydrogens is 408 g/mol. The average Bonchev–Trinajstić information content (AvgIpc) is 2.72. The quantitative estimate of drug-likeness (QED) is 0.316. The van der Waals surface area contributed by atoms with Crippen molar-refractivity contribution in [2.24, 2.45) is 5.92 Å². The molecule has 1 heterocycles. The highest BCUT2D eigenvalue weighted by Gasteiger charge is 2.38. The van der Waals surface area contributed by atoms with Gasteiger partial charge < -0.3 is 40.1 Å². The Morgan fingerprint density at radius 1 is 0.903 bits per heavy atom. The zero-order valence-electron chi connectivity index (χ0n) is 16.6. The van der Waals surface area contributed by atoms with Crippen molar-refractivity contribution in [3.05, 3.63) is 35.4 Å². The number of rotatable bonds is 3. The molecule has 0 bridgehead atoms. The molecule has 2 aliphatic rings. The van der Waals surface area contributed by atoms with E-state index in [-0.39, 0.29) is 35.2 Å². The maximum atomic E-state index is 12.8. The fourth-order valence-corrected chi connectivity index (χ4v) is 4.18. The summed E-state index contributed by atoms with van der Waals surface area (Å²) in [5.74, 6) is -2.94. The number of hydrogen-bond donors (Lipinski definition) is 6. The summed E-state index contributed by atoms with van der Waals surface area (Å²) in [7, 11) is 0. The molecule has 1 aliphatic carbocycles. The van der Waals surface area contributed by atoms with Gasteiger partial charge in [0.1, 0.15) is 23.4 Å². The SMILES string of the molecule is O=C(OC1Cc2c(O)cc(O)cc2O[C@@H]1c1cc(O)c(O)c(O)c1)C1CCC(O)CC1. The molecule has 0 aromatic heterocycles. The van der Waals surface area contributed by atoms with E-state index in [1.54, 1.807) is 0 Å². The van der Waals surface area contributed by atoms with Crippen molar-refractivity contribution in [2.75, 3.05) is 0 Å². The van der Waals surface area contributed by atoms with Crippen LogP contribution in [0.4, 0.5) is 0 Å². The molecule has 6 N–H and O–H groups in total. The maximum absolute atomic E-state index is 12.8. The molecule has 4 rings (SSSR count). The van der Waals surface area contributed by atoms with Gasteiger partial charge in [-0.3, -0.25) is 4.79 Å². The second-order valence-electron chi connectivity index (χ2n) is 8.07. The lowest BCUT2D eigenvalue weighted by molar-refractivity contribution is -0.162. The van der Waals surface area contributed by atoms with Crippen LogP contribution in [0, 0.1) is 5.92 Å². The first-order valence-corrected chi connectivity index (χ1v) is 10.1. The molecule has 31 heavy (non-hydrogen) atoms. The minimum absolute atomic E-state index is 0.0651. The number of fused-ring (bicyclic) bond motifs is 1. The molecule has 1 saturated carbocycles. The largest absolute Gasteiger partial charge is 0.508 e. The maximum Gasteiger partial charge on any atom is 0.309 e. The minimum Gasteiger partial charge on any atom is -0.508 e. The Labute approximate surface area is 177 Å². The molecule has 9 heteroatoms. The van der Waals surface area contributed by atoms with Gasteiger partial charge >= 0.3 is 5.97 Å². The minimum atomic E-state index is -0.982. The smallest absolute Gasteiger partial charge is 0.309 e. The van der Waals surface area contributed by atoms with Gasteiger partial charge in [0, 0.05) is 29.7 Å². The topological polar surface area (TPSA) is 157 Å². The summed E-state index contributed by atoms with van der Waals surface area (Å²) in [6.45, 7) is 0. The van der Waals surface area contributed by atoms with E-state index >= 15 is 0 Å². The lowest BCUT2D eigenvalue weighted by Gasteiger charge is -2.35. The van der Waals surface area contributed by atoms with Crippen molar-refractivity contribution >= 4 is 5.97 Å². The molecule has 1 fully saturated rings. The number of carbonyl (C=O) groups is 1. The van der Waals surface area contributed by atoms with Crippen LogP contribution in [0.25, 0.3) is 0 Å². The number of hydrogen-bond acceptors (Lipinski definition) is 9. The van der Waals surface area contributed by atoms with E-state index in [0.29, 0.717) is 31.2 Å². The summed E-state index contributed by atoms with van der Waals surface area (Å²) in [6.07, 6.45) is -0.247. The second-order valence-corrected chi connectivity index (χ2v) is 8.07. The number of benzene rings is 2. The molecule has 0 spiro atoms. The van der Waals surface area contributed by atoms with Crippen molar-refractivity contribution in [2.45, 2.75) is 50.4 Å². The van der Waals surface area contributed by atoms with Crippen LogP contribution in [-0.4, -0.2) is 48.8 Å². The van der Waals surface area contributed by atoms with Crippen LogP contribution in [0.5, 0.6) is 34.5 Å². The Morgan fingerprint density at radius 3 is 2.19 bits per heavy atom. The summed E-state index contributed by atoms with van der Waals surface area (Å²) >= 11 is 0. The van der Waals surface area contributed by atoms with Gasteiger partial charge in [0.15, 0.2) is 23.4 Å². The fraction of sp³-hybridized carbons (Fsp3) is 0.409. The zero-order chi connectivity index (χ0) is 22.3. The number of phenolic OH excluding ortho intramolecular Hbond substituents is 5. The monoisotopic (exact) mass is 432 g/mol. The lowest BCUT2D eigenvalue weighted by Crippen LogP contribution is -2.37. The Bertz CT molecular complexity index is 972. The predicted octanol–water partition coefficient (Wildman–Crippen LogP) is 2.35. The standard InChI is InChI=1S/C22H24O9/c23-12-3-1-10(2-4-12)22(29)31-19-9-14-15(25)7-13(24)8-18(14)30-21(19)11-5-16(26)20(28)17(27)6-11/h5-8,10,12,19,21,23-28H,1-4,9H2/t10?,12?,19?,21-/m1/s1. The highest BCUT2D eigenvalue weighted by Crippen LogP contribution is 2.45. The molecule has 1 aliphatic heterocycles. The summed E-state index contributed by atoms with van der Waals surface area (Å²) in [5, 5.41) is 59.2. The molecule has 2 aromatic carbocycles. The van der Waals surface area contributed by atoms with Crippen LogP contribution in [-0.2, 0) is 16.0 Å². The highest BCUT2D eigenvalue weighted by molar-refractivity contribution is 5.73. The molecule has 0 saturated heterocycles. The predicted molar refractivity (Wildman–Crippen MR) is 106 cm³/mol. The van der Waals surface area contributed by atoms with Crippen molar-refractivity contribution in [3.63, 3.8) is 0 Å². The van der Waals surface area contributed by atoms with E-state index in [2.05, 4.69) is 0 Å². The first-order valence-electron chi connectivity index (χ1n) is 10.1. The fourth-order valence-electron chi connectivity index (χ4n) is 4.18. The Kier molecular flexibility index (Phi) is 5.45. The highest BCUT2D eigenvalue weighted by atomic mass is 16.6. The van der Waals surface area contributed by atoms with Gasteiger partial charge in [-0.25, -0.2) is 0 Å². The van der Waals surface area contributed by atoms with Crippen LogP contribution in [0.15, 0.2) is 24.3 Å².